The molecule has 2 heteroatoms. The molecule has 3 atom stereocenters. The molecule has 0 aromatic carbocycles. The molecule has 1 saturated heterocycles. The quantitative estimate of drug-likeness (QED) is 0.531. The molecule has 0 bridgehead atoms. The summed E-state index contributed by atoms with van der Waals surface area (Å²) in [7, 11) is 0. The van der Waals surface area contributed by atoms with Gasteiger partial charge in [-0.25, -0.2) is 0 Å². The Labute approximate surface area is 56.0 Å². The van der Waals surface area contributed by atoms with Crippen molar-refractivity contribution in [3.63, 3.8) is 0 Å². The van der Waals surface area contributed by atoms with E-state index < -0.39 is 0 Å². The molecule has 0 amide bonds. The normalized spacial score (nSPS) is 49.3. The molecule has 1 heterocycles. The second-order valence-electron chi connectivity index (χ2n) is 3.26. The molecule has 1 aliphatic carbocycles. The van der Waals surface area contributed by atoms with Gasteiger partial charge < -0.3 is 10.6 Å². The van der Waals surface area contributed by atoms with Gasteiger partial charge in [0.1, 0.15) is 0 Å². The summed E-state index contributed by atoms with van der Waals surface area (Å²) in [5.41, 5.74) is 5.76. The van der Waals surface area contributed by atoms with Gasteiger partial charge in [-0.3, -0.25) is 0 Å². The van der Waals surface area contributed by atoms with Crippen molar-refractivity contribution in [2.45, 2.75) is 13.0 Å². The summed E-state index contributed by atoms with van der Waals surface area (Å²) in [5, 5.41) is 0. The van der Waals surface area contributed by atoms with Crippen molar-refractivity contribution in [2.24, 2.45) is 17.6 Å². The van der Waals surface area contributed by atoms with Crippen LogP contribution in [0.2, 0.25) is 0 Å². The Kier molecular flexibility index (Phi) is 1.08. The first-order chi connectivity index (χ1) is 4.33. The van der Waals surface area contributed by atoms with E-state index in [0.717, 1.165) is 11.8 Å². The molecule has 2 rings (SSSR count). The summed E-state index contributed by atoms with van der Waals surface area (Å²) >= 11 is 0. The molecule has 0 aromatic heterocycles. The monoisotopic (exact) mass is 126 g/mol. The van der Waals surface area contributed by atoms with E-state index in [9.17, 15) is 0 Å². The average Bonchev–Trinajstić information content (AvgIpc) is 2.32. The second kappa shape index (κ2) is 1.70. The van der Waals surface area contributed by atoms with Crippen molar-refractivity contribution in [3.05, 3.63) is 0 Å². The molecule has 0 aromatic rings. The third kappa shape index (κ3) is 0.700. The van der Waals surface area contributed by atoms with Crippen molar-refractivity contribution in [1.29, 1.82) is 0 Å². The Balaban J connectivity index is 1.89. The molecule has 0 radical (unpaired) electrons. The zero-order valence-corrected chi connectivity index (χ0v) is 5.88. The van der Waals surface area contributed by atoms with Crippen molar-refractivity contribution in [1.82, 2.24) is 4.90 Å². The zero-order valence-electron chi connectivity index (χ0n) is 5.88. The lowest BCUT2D eigenvalue weighted by molar-refractivity contribution is 0.314. The predicted molar refractivity (Wildman–Crippen MR) is 37.1 cm³/mol. The van der Waals surface area contributed by atoms with Crippen LogP contribution in [0.4, 0.5) is 0 Å². The third-order valence-corrected chi connectivity index (χ3v) is 2.78. The first kappa shape index (κ1) is 5.69. The number of nitrogens with two attached hydrogens (primary N) is 1. The molecule has 1 unspecified atom stereocenters. The molecule has 2 fully saturated rings. The molecule has 2 N–H and O–H groups in total. The van der Waals surface area contributed by atoms with E-state index >= 15 is 0 Å². The number of hydrogen-bond donors (Lipinski definition) is 1. The van der Waals surface area contributed by atoms with Crippen LogP contribution in [0.3, 0.4) is 0 Å². The maximum atomic E-state index is 5.76. The van der Waals surface area contributed by atoms with Crippen LogP contribution in [0, 0.1) is 11.8 Å². The highest BCUT2D eigenvalue weighted by atomic mass is 15.2. The maximum absolute atomic E-state index is 5.76. The molecule has 1 aliphatic heterocycles. The van der Waals surface area contributed by atoms with Gasteiger partial charge in [-0.05, 0) is 18.4 Å². The van der Waals surface area contributed by atoms with Gasteiger partial charge in [0.15, 0.2) is 0 Å². The summed E-state index contributed by atoms with van der Waals surface area (Å²) in [5.74, 6) is 1.73. The van der Waals surface area contributed by atoms with Crippen LogP contribution in [-0.2, 0) is 0 Å². The number of nitrogens with zero attached hydrogens (tertiary/aromatic N) is 1. The Hall–Kier alpha value is -0.0800. The predicted octanol–water partition coefficient (Wildman–Crippen LogP) is -0.105. The highest BCUT2D eigenvalue weighted by molar-refractivity contribution is 5.08. The maximum Gasteiger partial charge on any atom is 0.0127 e. The number of hydrogen-bond acceptors (Lipinski definition) is 2. The number of fused-ring (bicyclic) bond motifs is 1. The Morgan fingerprint density at radius 2 is 2.00 bits per heavy atom. The summed E-state index contributed by atoms with van der Waals surface area (Å²) in [6.45, 7) is 5.96. The van der Waals surface area contributed by atoms with Crippen molar-refractivity contribution >= 4 is 0 Å². The standard InChI is InChI=1S/C7H14N2/c1-2-9-3-5-6(4-9)7(5)8/h5-7H,2-4,8H2,1H3/t5-,6+,7?. The fourth-order valence-electron chi connectivity index (χ4n) is 1.92. The van der Waals surface area contributed by atoms with Crippen LogP contribution < -0.4 is 5.73 Å². The number of likely N-dealkylation sites (tertiary alicyclic amines) is 1. The van der Waals surface area contributed by atoms with Crippen LogP contribution >= 0.6 is 0 Å². The summed E-state index contributed by atoms with van der Waals surface area (Å²) in [4.78, 5) is 2.48. The third-order valence-electron chi connectivity index (χ3n) is 2.78. The minimum absolute atomic E-state index is 0.563. The highest BCUT2D eigenvalue weighted by Crippen LogP contribution is 2.43. The highest BCUT2D eigenvalue weighted by Gasteiger charge is 2.52. The van der Waals surface area contributed by atoms with Crippen molar-refractivity contribution < 1.29 is 0 Å². The smallest absolute Gasteiger partial charge is 0.0127 e. The van der Waals surface area contributed by atoms with Crippen LogP contribution in [0.1, 0.15) is 6.92 Å². The first-order valence-electron chi connectivity index (χ1n) is 3.81. The van der Waals surface area contributed by atoms with E-state index in [1.54, 1.807) is 0 Å². The van der Waals surface area contributed by atoms with E-state index in [-0.39, 0.29) is 0 Å². The van der Waals surface area contributed by atoms with Gasteiger partial charge >= 0.3 is 0 Å². The molecule has 0 spiro atoms. The number of rotatable bonds is 1. The summed E-state index contributed by atoms with van der Waals surface area (Å²) < 4.78 is 0. The largest absolute Gasteiger partial charge is 0.327 e. The van der Waals surface area contributed by atoms with Gasteiger partial charge in [0.2, 0.25) is 0 Å². The fourth-order valence-corrected chi connectivity index (χ4v) is 1.92. The lowest BCUT2D eigenvalue weighted by Crippen LogP contribution is -2.27. The first-order valence-corrected chi connectivity index (χ1v) is 3.81. The number of piperidine rings is 1. The minimum atomic E-state index is 0.563. The lowest BCUT2D eigenvalue weighted by atomic mass is 10.4. The van der Waals surface area contributed by atoms with Gasteiger partial charge in [-0.2, -0.15) is 0 Å². The van der Waals surface area contributed by atoms with Crippen molar-refractivity contribution in [2.75, 3.05) is 19.6 Å². The molecule has 2 aliphatic rings. The van der Waals surface area contributed by atoms with Gasteiger partial charge in [0.05, 0.1) is 0 Å². The van der Waals surface area contributed by atoms with Gasteiger partial charge in [-0.1, -0.05) is 6.92 Å². The van der Waals surface area contributed by atoms with Crippen LogP contribution in [0.15, 0.2) is 0 Å². The minimum Gasteiger partial charge on any atom is -0.327 e. The van der Waals surface area contributed by atoms with Gasteiger partial charge in [-0.15, -0.1) is 0 Å². The molecule has 1 saturated carbocycles. The lowest BCUT2D eigenvalue weighted by Gasteiger charge is -2.14. The second-order valence-corrected chi connectivity index (χ2v) is 3.26. The van der Waals surface area contributed by atoms with Crippen LogP contribution in [-0.4, -0.2) is 30.6 Å². The Morgan fingerprint density at radius 1 is 1.44 bits per heavy atom. The molecule has 52 valence electrons. The van der Waals surface area contributed by atoms with E-state index in [0.29, 0.717) is 6.04 Å². The zero-order chi connectivity index (χ0) is 6.43. The topological polar surface area (TPSA) is 29.3 Å². The molecule has 2 nitrogen and oxygen atoms in total. The molecular formula is C7H14N2. The van der Waals surface area contributed by atoms with Gasteiger partial charge in [0, 0.05) is 19.1 Å². The van der Waals surface area contributed by atoms with E-state index in [1.807, 2.05) is 0 Å². The average molecular weight is 126 g/mol. The summed E-state index contributed by atoms with van der Waals surface area (Å²) in [6.07, 6.45) is 0. The molecular weight excluding hydrogens is 112 g/mol. The van der Waals surface area contributed by atoms with Crippen molar-refractivity contribution in [3.8, 4) is 0 Å². The fraction of sp³-hybridized carbons (Fsp3) is 1.00. The molecule has 9 heavy (non-hydrogen) atoms. The summed E-state index contributed by atoms with van der Waals surface area (Å²) in [6, 6.07) is 0.563. The van der Waals surface area contributed by atoms with Gasteiger partial charge in [0.25, 0.3) is 0 Å². The SMILES string of the molecule is CCN1C[C@@H]2C(N)[C@@H]2C1. The van der Waals surface area contributed by atoms with E-state index in [2.05, 4.69) is 11.8 Å². The van der Waals surface area contributed by atoms with Crippen LogP contribution in [0.5, 0.6) is 0 Å². The Morgan fingerprint density at radius 3 is 2.44 bits per heavy atom. The van der Waals surface area contributed by atoms with Crippen LogP contribution in [0.25, 0.3) is 0 Å². The van der Waals surface area contributed by atoms with E-state index in [1.165, 1.54) is 19.6 Å². The van der Waals surface area contributed by atoms with E-state index in [4.69, 9.17) is 5.73 Å². The Bertz CT molecular complexity index is 112.